The van der Waals surface area contributed by atoms with Crippen LogP contribution in [0.5, 0.6) is 0 Å². The number of nitrogens with one attached hydrogen (secondary N) is 1. The quantitative estimate of drug-likeness (QED) is 0.879. The maximum Gasteiger partial charge on any atom is 0.223 e. The number of amides is 1. The molecular weight excluding hydrogens is 336 g/mol. The number of carbonyl (C=O) groups is 1. The molecule has 0 spiro atoms. The molecule has 1 saturated heterocycles. The third kappa shape index (κ3) is 5.11. The Morgan fingerprint density at radius 1 is 1.45 bits per heavy atom. The number of halogens is 1. The molecule has 1 aliphatic rings. The molecule has 3 nitrogen and oxygen atoms in total. The molecule has 0 bridgehead atoms. The number of carbonyl (C=O) groups excluding carboxylic acids is 1. The van der Waals surface area contributed by atoms with Gasteiger partial charge in [0.15, 0.2) is 0 Å². The number of hydrogen-bond acceptors (Lipinski definition) is 3. The maximum absolute atomic E-state index is 12.2. The van der Waals surface area contributed by atoms with Gasteiger partial charge >= 0.3 is 0 Å². The molecule has 20 heavy (non-hydrogen) atoms. The van der Waals surface area contributed by atoms with Gasteiger partial charge in [0.05, 0.1) is 0 Å². The van der Waals surface area contributed by atoms with Crippen LogP contribution >= 0.6 is 27.7 Å². The van der Waals surface area contributed by atoms with Crippen LogP contribution in [0.4, 0.5) is 0 Å². The molecule has 5 heteroatoms. The predicted molar refractivity (Wildman–Crippen MR) is 89.2 cm³/mol. The normalized spacial score (nSPS) is 18.8. The zero-order valence-corrected chi connectivity index (χ0v) is 14.2. The molecule has 1 fully saturated rings. The summed E-state index contributed by atoms with van der Waals surface area (Å²) in [4.78, 5) is 14.0. The molecule has 1 aromatic rings. The van der Waals surface area contributed by atoms with Crippen molar-refractivity contribution in [3.8, 4) is 0 Å². The zero-order chi connectivity index (χ0) is 14.4. The lowest BCUT2D eigenvalue weighted by molar-refractivity contribution is -0.130. The Bertz CT molecular complexity index is 432. The molecule has 1 heterocycles. The van der Waals surface area contributed by atoms with E-state index in [1.54, 1.807) is 0 Å². The lowest BCUT2D eigenvalue weighted by atomic mass is 10.1. The SMILES string of the molecule is CN(CCc1ccc(Br)cc1)C(=O)CC1CSCCN1. The topological polar surface area (TPSA) is 32.3 Å². The van der Waals surface area contributed by atoms with Crippen molar-refractivity contribution in [3.05, 3.63) is 34.3 Å². The van der Waals surface area contributed by atoms with Crippen LogP contribution in [0.3, 0.4) is 0 Å². The van der Waals surface area contributed by atoms with E-state index in [1.165, 1.54) is 5.56 Å². The molecule has 1 N–H and O–H groups in total. The van der Waals surface area contributed by atoms with Crippen LogP contribution < -0.4 is 5.32 Å². The standard InChI is InChI=1S/C15H21BrN2OS/c1-18(8-6-12-2-4-13(16)5-3-12)15(19)10-14-11-20-9-7-17-14/h2-5,14,17H,6-11H2,1H3. The Hall–Kier alpha value is -0.520. The first kappa shape index (κ1) is 15.9. The summed E-state index contributed by atoms with van der Waals surface area (Å²) in [5.41, 5.74) is 1.26. The molecule has 1 amide bonds. The van der Waals surface area contributed by atoms with Crippen molar-refractivity contribution in [1.29, 1.82) is 0 Å². The van der Waals surface area contributed by atoms with Crippen LogP contribution in [0.25, 0.3) is 0 Å². The van der Waals surface area contributed by atoms with Gasteiger partial charge < -0.3 is 10.2 Å². The van der Waals surface area contributed by atoms with Crippen molar-refractivity contribution in [2.24, 2.45) is 0 Å². The molecule has 1 atom stereocenters. The summed E-state index contributed by atoms with van der Waals surface area (Å²) in [5.74, 6) is 2.44. The fourth-order valence-corrected chi connectivity index (χ4v) is 3.40. The van der Waals surface area contributed by atoms with Gasteiger partial charge in [-0.3, -0.25) is 4.79 Å². The first-order valence-electron chi connectivity index (χ1n) is 6.94. The number of rotatable bonds is 5. The van der Waals surface area contributed by atoms with Gasteiger partial charge in [-0.1, -0.05) is 28.1 Å². The lowest BCUT2D eigenvalue weighted by Crippen LogP contribution is -2.42. The summed E-state index contributed by atoms with van der Waals surface area (Å²) in [6.45, 7) is 1.80. The van der Waals surface area contributed by atoms with Crippen LogP contribution in [0.15, 0.2) is 28.7 Å². The highest BCUT2D eigenvalue weighted by molar-refractivity contribution is 9.10. The minimum absolute atomic E-state index is 0.238. The van der Waals surface area contributed by atoms with Gasteiger partial charge in [-0.2, -0.15) is 11.8 Å². The summed E-state index contributed by atoms with van der Waals surface area (Å²) in [5, 5.41) is 3.41. The Balaban J connectivity index is 1.74. The minimum Gasteiger partial charge on any atom is -0.345 e. The Labute approximate surface area is 133 Å². The molecule has 0 saturated carbocycles. The smallest absolute Gasteiger partial charge is 0.223 e. The second-order valence-electron chi connectivity index (χ2n) is 5.12. The van der Waals surface area contributed by atoms with Gasteiger partial charge in [0.1, 0.15) is 0 Å². The van der Waals surface area contributed by atoms with Crippen molar-refractivity contribution in [2.45, 2.75) is 18.9 Å². The Morgan fingerprint density at radius 3 is 2.85 bits per heavy atom. The van der Waals surface area contributed by atoms with E-state index in [9.17, 15) is 4.79 Å². The highest BCUT2D eigenvalue weighted by atomic mass is 79.9. The fourth-order valence-electron chi connectivity index (χ4n) is 2.19. The molecular formula is C15H21BrN2OS. The lowest BCUT2D eigenvalue weighted by Gasteiger charge is -2.25. The largest absolute Gasteiger partial charge is 0.345 e. The molecule has 0 radical (unpaired) electrons. The number of benzene rings is 1. The summed E-state index contributed by atoms with van der Waals surface area (Å²) in [7, 11) is 1.90. The van der Waals surface area contributed by atoms with Crippen LogP contribution in [0.2, 0.25) is 0 Å². The molecule has 1 aromatic carbocycles. The summed E-state index contributed by atoms with van der Waals surface area (Å²) >= 11 is 5.36. The van der Waals surface area contributed by atoms with Crippen molar-refractivity contribution < 1.29 is 4.79 Å². The molecule has 0 aromatic heterocycles. The van der Waals surface area contributed by atoms with E-state index < -0.39 is 0 Å². The van der Waals surface area contributed by atoms with E-state index in [0.29, 0.717) is 12.5 Å². The van der Waals surface area contributed by atoms with E-state index in [4.69, 9.17) is 0 Å². The van der Waals surface area contributed by atoms with Gasteiger partial charge in [-0.15, -0.1) is 0 Å². The monoisotopic (exact) mass is 356 g/mol. The number of likely N-dealkylation sites (N-methyl/N-ethyl adjacent to an activating group) is 1. The minimum atomic E-state index is 0.238. The van der Waals surface area contributed by atoms with Crippen LogP contribution in [-0.4, -0.2) is 48.5 Å². The number of nitrogens with zero attached hydrogens (tertiary/aromatic N) is 1. The van der Waals surface area contributed by atoms with Gasteiger partial charge in [0.25, 0.3) is 0 Å². The van der Waals surface area contributed by atoms with Gasteiger partial charge in [0, 0.05) is 48.6 Å². The molecule has 2 rings (SSSR count). The summed E-state index contributed by atoms with van der Waals surface area (Å²) < 4.78 is 1.09. The summed E-state index contributed by atoms with van der Waals surface area (Å²) in [6, 6.07) is 8.63. The highest BCUT2D eigenvalue weighted by Gasteiger charge is 2.18. The van der Waals surface area contributed by atoms with Crippen LogP contribution in [-0.2, 0) is 11.2 Å². The first-order chi connectivity index (χ1) is 9.65. The summed E-state index contributed by atoms with van der Waals surface area (Å²) in [6.07, 6.45) is 1.52. The van der Waals surface area contributed by atoms with Crippen molar-refractivity contribution in [3.63, 3.8) is 0 Å². The third-order valence-electron chi connectivity index (χ3n) is 3.49. The van der Waals surface area contributed by atoms with Gasteiger partial charge in [-0.05, 0) is 24.1 Å². The van der Waals surface area contributed by atoms with Crippen molar-refractivity contribution in [1.82, 2.24) is 10.2 Å². The average Bonchev–Trinajstić information content (AvgIpc) is 2.47. The Kier molecular flexibility index (Phi) is 6.39. The van der Waals surface area contributed by atoms with Crippen LogP contribution in [0, 0.1) is 0 Å². The van der Waals surface area contributed by atoms with Crippen molar-refractivity contribution in [2.75, 3.05) is 31.6 Å². The van der Waals surface area contributed by atoms with E-state index in [2.05, 4.69) is 33.4 Å². The van der Waals surface area contributed by atoms with E-state index in [0.717, 1.165) is 35.5 Å². The zero-order valence-electron chi connectivity index (χ0n) is 11.8. The molecule has 1 unspecified atom stereocenters. The van der Waals surface area contributed by atoms with E-state index in [-0.39, 0.29) is 5.91 Å². The van der Waals surface area contributed by atoms with E-state index in [1.807, 2.05) is 35.8 Å². The van der Waals surface area contributed by atoms with E-state index >= 15 is 0 Å². The second kappa shape index (κ2) is 8.05. The third-order valence-corrected chi connectivity index (χ3v) is 5.15. The number of thioether (sulfide) groups is 1. The molecule has 110 valence electrons. The van der Waals surface area contributed by atoms with Gasteiger partial charge in [-0.25, -0.2) is 0 Å². The predicted octanol–water partition coefficient (Wildman–Crippen LogP) is 2.55. The van der Waals surface area contributed by atoms with Crippen LogP contribution in [0.1, 0.15) is 12.0 Å². The Morgan fingerprint density at radius 2 is 2.20 bits per heavy atom. The second-order valence-corrected chi connectivity index (χ2v) is 7.19. The average molecular weight is 357 g/mol. The molecule has 0 aliphatic carbocycles. The number of hydrogen-bond donors (Lipinski definition) is 1. The van der Waals surface area contributed by atoms with Gasteiger partial charge in [0.2, 0.25) is 5.91 Å². The maximum atomic E-state index is 12.2. The fraction of sp³-hybridized carbons (Fsp3) is 0.533. The highest BCUT2D eigenvalue weighted by Crippen LogP contribution is 2.13. The first-order valence-corrected chi connectivity index (χ1v) is 8.89. The van der Waals surface area contributed by atoms with Crippen molar-refractivity contribution >= 4 is 33.6 Å². The molecule has 1 aliphatic heterocycles.